The van der Waals surface area contributed by atoms with Crippen LogP contribution in [0.4, 0.5) is 17.6 Å². The van der Waals surface area contributed by atoms with Crippen LogP contribution in [0.5, 0.6) is 0 Å². The van der Waals surface area contributed by atoms with Crippen molar-refractivity contribution in [1.82, 2.24) is 25.2 Å². The Morgan fingerprint density at radius 3 is 2.58 bits per heavy atom. The fourth-order valence-corrected chi connectivity index (χ4v) is 3.80. The molecule has 0 saturated carbocycles. The van der Waals surface area contributed by atoms with E-state index in [0.29, 0.717) is 37.0 Å². The first kappa shape index (κ1) is 21.2. The number of hydrogen-bond donors (Lipinski definition) is 1. The molecule has 1 fully saturated rings. The number of nitrogens with zero attached hydrogens (tertiary/aromatic N) is 4. The summed E-state index contributed by atoms with van der Waals surface area (Å²) in [6.07, 6.45) is -3.03. The highest BCUT2D eigenvalue weighted by molar-refractivity contribution is 5.78. The number of aromatic nitrogens is 3. The van der Waals surface area contributed by atoms with E-state index in [9.17, 15) is 22.4 Å². The van der Waals surface area contributed by atoms with Gasteiger partial charge in [-0.2, -0.15) is 13.2 Å². The molecule has 164 valence electrons. The molecule has 10 heteroatoms. The van der Waals surface area contributed by atoms with Gasteiger partial charge in [0.25, 0.3) is 0 Å². The predicted molar refractivity (Wildman–Crippen MR) is 105 cm³/mol. The molecular weight excluding hydrogens is 414 g/mol. The Kier molecular flexibility index (Phi) is 5.90. The van der Waals surface area contributed by atoms with Gasteiger partial charge in [0.1, 0.15) is 11.3 Å². The zero-order valence-electron chi connectivity index (χ0n) is 16.6. The number of likely N-dealkylation sites (tertiary alicyclic amines) is 1. The largest absolute Gasteiger partial charge is 0.416 e. The van der Waals surface area contributed by atoms with E-state index < -0.39 is 11.7 Å². The number of fused-ring (bicyclic) bond motifs is 1. The molecule has 6 nitrogen and oxygen atoms in total. The third-order valence-corrected chi connectivity index (χ3v) is 5.50. The van der Waals surface area contributed by atoms with Crippen molar-refractivity contribution in [3.05, 3.63) is 59.4 Å². The second-order valence-corrected chi connectivity index (χ2v) is 7.61. The molecule has 1 aliphatic heterocycles. The Bertz CT molecular complexity index is 1070. The molecule has 0 atom stereocenters. The normalized spacial score (nSPS) is 16.0. The second kappa shape index (κ2) is 8.62. The van der Waals surface area contributed by atoms with Crippen molar-refractivity contribution in [2.45, 2.75) is 31.6 Å². The van der Waals surface area contributed by atoms with E-state index in [4.69, 9.17) is 0 Å². The smallest absolute Gasteiger partial charge is 0.351 e. The molecule has 31 heavy (non-hydrogen) atoms. The summed E-state index contributed by atoms with van der Waals surface area (Å²) in [5.74, 6) is -0.543. The van der Waals surface area contributed by atoms with Crippen molar-refractivity contribution < 1.29 is 22.4 Å². The van der Waals surface area contributed by atoms with Crippen LogP contribution in [0.3, 0.4) is 0 Å². The Hall–Kier alpha value is -3.01. The maximum Gasteiger partial charge on any atom is 0.416 e. The lowest BCUT2D eigenvalue weighted by Crippen LogP contribution is -2.41. The van der Waals surface area contributed by atoms with Crippen LogP contribution in [0, 0.1) is 5.82 Å². The van der Waals surface area contributed by atoms with Crippen LogP contribution in [0.15, 0.2) is 42.5 Å². The summed E-state index contributed by atoms with van der Waals surface area (Å²) in [7, 11) is 0. The highest BCUT2D eigenvalue weighted by Crippen LogP contribution is 2.32. The minimum Gasteiger partial charge on any atom is -0.351 e. The van der Waals surface area contributed by atoms with Crippen molar-refractivity contribution in [2.24, 2.45) is 0 Å². The molecule has 1 aromatic heterocycles. The van der Waals surface area contributed by atoms with Crippen LogP contribution >= 0.6 is 0 Å². The zero-order chi connectivity index (χ0) is 22.0. The third kappa shape index (κ3) is 4.84. The van der Waals surface area contributed by atoms with Gasteiger partial charge in [-0.3, -0.25) is 9.69 Å². The fourth-order valence-electron chi connectivity index (χ4n) is 3.80. The topological polar surface area (TPSA) is 63.1 Å². The highest BCUT2D eigenvalue weighted by atomic mass is 19.4. The van der Waals surface area contributed by atoms with Crippen LogP contribution in [-0.2, 0) is 17.5 Å². The van der Waals surface area contributed by atoms with Crippen molar-refractivity contribution in [2.75, 3.05) is 19.6 Å². The number of carbonyl (C=O) groups is 1. The van der Waals surface area contributed by atoms with Crippen molar-refractivity contribution in [3.63, 3.8) is 0 Å². The molecule has 0 spiro atoms. The first-order valence-corrected chi connectivity index (χ1v) is 9.96. The summed E-state index contributed by atoms with van der Waals surface area (Å²) in [6.45, 7) is 1.61. The maximum absolute atomic E-state index is 13.6. The molecule has 1 N–H and O–H groups in total. The number of rotatable bonds is 5. The van der Waals surface area contributed by atoms with Gasteiger partial charge in [-0.25, -0.2) is 9.07 Å². The molecule has 2 heterocycles. The number of nitrogens with one attached hydrogen (secondary N) is 1. The van der Waals surface area contributed by atoms with Gasteiger partial charge in [0.05, 0.1) is 23.7 Å². The Morgan fingerprint density at radius 1 is 1.13 bits per heavy atom. The van der Waals surface area contributed by atoms with Crippen LogP contribution in [0.2, 0.25) is 0 Å². The molecule has 0 aliphatic carbocycles. The number of piperidine rings is 1. The molecular formula is C21H21F4N5O. The summed E-state index contributed by atoms with van der Waals surface area (Å²) in [5, 5.41) is 10.7. The molecule has 1 amide bonds. The minimum absolute atomic E-state index is 0.000498. The molecule has 1 aliphatic rings. The average Bonchev–Trinajstić information content (AvgIpc) is 3.16. The number of carbonyl (C=O) groups excluding carboxylic acids is 1. The van der Waals surface area contributed by atoms with E-state index in [1.165, 1.54) is 12.1 Å². The number of alkyl halides is 3. The molecule has 1 saturated heterocycles. The molecule has 0 unspecified atom stereocenters. The van der Waals surface area contributed by atoms with Crippen LogP contribution in [0.1, 0.15) is 30.0 Å². The summed E-state index contributed by atoms with van der Waals surface area (Å²) < 4.78 is 54.0. The number of amides is 1. The summed E-state index contributed by atoms with van der Waals surface area (Å²) in [4.78, 5) is 14.2. The quantitative estimate of drug-likeness (QED) is 0.623. The van der Waals surface area contributed by atoms with E-state index in [2.05, 4.69) is 15.6 Å². The van der Waals surface area contributed by atoms with Crippen LogP contribution in [-0.4, -0.2) is 45.4 Å². The van der Waals surface area contributed by atoms with E-state index in [-0.39, 0.29) is 36.4 Å². The molecule has 3 aromatic rings. The Balaban J connectivity index is 1.31. The van der Waals surface area contributed by atoms with Gasteiger partial charge in [-0.15, -0.1) is 5.10 Å². The van der Waals surface area contributed by atoms with E-state index in [0.717, 1.165) is 12.1 Å². The van der Waals surface area contributed by atoms with Gasteiger partial charge in [-0.1, -0.05) is 23.4 Å². The lowest BCUT2D eigenvalue weighted by molar-refractivity contribution is -0.137. The third-order valence-electron chi connectivity index (χ3n) is 5.50. The average molecular weight is 435 g/mol. The lowest BCUT2D eigenvalue weighted by Gasteiger charge is -2.31. The van der Waals surface area contributed by atoms with Crippen LogP contribution in [0.25, 0.3) is 11.0 Å². The number of halogens is 4. The summed E-state index contributed by atoms with van der Waals surface area (Å²) >= 11 is 0. The SMILES string of the molecule is O=C(CN1CCC(n2nnc3cc(C(F)(F)F)ccc32)CC1)NCc1ccccc1F. The first-order valence-electron chi connectivity index (χ1n) is 9.96. The van der Waals surface area contributed by atoms with E-state index >= 15 is 0 Å². The van der Waals surface area contributed by atoms with E-state index in [1.807, 2.05) is 4.90 Å². The van der Waals surface area contributed by atoms with Gasteiger partial charge in [0.15, 0.2) is 0 Å². The number of benzene rings is 2. The van der Waals surface area contributed by atoms with Gasteiger partial charge < -0.3 is 5.32 Å². The minimum atomic E-state index is -4.42. The Morgan fingerprint density at radius 2 is 1.87 bits per heavy atom. The zero-order valence-corrected chi connectivity index (χ0v) is 16.6. The van der Waals surface area contributed by atoms with Crippen LogP contribution < -0.4 is 5.32 Å². The van der Waals surface area contributed by atoms with Crippen molar-refractivity contribution in [1.29, 1.82) is 0 Å². The molecule has 0 bridgehead atoms. The summed E-state index contributed by atoms with van der Waals surface area (Å²) in [5.41, 5.74) is 0.462. The standard InChI is InChI=1S/C21H21F4N5O/c22-17-4-2-1-3-14(17)12-26-20(31)13-29-9-7-16(8-10-29)30-19-6-5-15(21(23,24)25)11-18(19)27-28-30/h1-6,11,16H,7-10,12-13H2,(H,26,31). The first-order chi connectivity index (χ1) is 14.8. The van der Waals surface area contributed by atoms with Gasteiger partial charge in [0, 0.05) is 25.2 Å². The molecule has 0 radical (unpaired) electrons. The molecule has 4 rings (SSSR count). The highest BCUT2D eigenvalue weighted by Gasteiger charge is 2.31. The summed E-state index contributed by atoms with van der Waals surface area (Å²) in [6, 6.07) is 9.74. The van der Waals surface area contributed by atoms with E-state index in [1.54, 1.807) is 22.9 Å². The van der Waals surface area contributed by atoms with Crippen molar-refractivity contribution >= 4 is 16.9 Å². The fraction of sp³-hybridized carbons (Fsp3) is 0.381. The monoisotopic (exact) mass is 435 g/mol. The molecule has 2 aromatic carbocycles. The van der Waals surface area contributed by atoms with Crippen molar-refractivity contribution in [3.8, 4) is 0 Å². The second-order valence-electron chi connectivity index (χ2n) is 7.61. The van der Waals surface area contributed by atoms with Gasteiger partial charge in [0.2, 0.25) is 5.91 Å². The predicted octanol–water partition coefficient (Wildman–Crippen LogP) is 3.54. The lowest BCUT2D eigenvalue weighted by atomic mass is 10.0. The number of hydrogen-bond acceptors (Lipinski definition) is 4. The van der Waals surface area contributed by atoms with Gasteiger partial charge in [-0.05, 0) is 37.1 Å². The maximum atomic E-state index is 13.6. The Labute approximate surface area is 175 Å². The van der Waals surface area contributed by atoms with Gasteiger partial charge >= 0.3 is 6.18 Å².